The number of esters is 1. The fraction of sp³-hybridized carbons (Fsp3) is 0.533. The van der Waals surface area contributed by atoms with Crippen LogP contribution in [-0.2, 0) is 9.53 Å². The molecule has 0 heterocycles. The van der Waals surface area contributed by atoms with Gasteiger partial charge in [0.25, 0.3) is 0 Å². The number of methoxy groups -OCH3 is 2. The maximum absolute atomic E-state index is 11.8. The molecule has 1 N–H and O–H groups in total. The average molecular weight is 265 g/mol. The topological polar surface area (TPSA) is 47.6 Å². The first kappa shape index (κ1) is 15.5. The molecule has 0 aliphatic carbocycles. The molecule has 0 bridgehead atoms. The van der Waals surface area contributed by atoms with Gasteiger partial charge in [-0.3, -0.25) is 10.1 Å². The van der Waals surface area contributed by atoms with E-state index in [4.69, 9.17) is 9.47 Å². The van der Waals surface area contributed by atoms with Gasteiger partial charge in [-0.15, -0.1) is 0 Å². The number of carbonyl (C=O) groups is 1. The summed E-state index contributed by atoms with van der Waals surface area (Å²) in [5, 5.41) is 3.30. The number of rotatable bonds is 6. The van der Waals surface area contributed by atoms with E-state index in [1.807, 2.05) is 45.0 Å². The van der Waals surface area contributed by atoms with Gasteiger partial charge in [0.1, 0.15) is 11.8 Å². The van der Waals surface area contributed by atoms with Crippen molar-refractivity contribution in [3.8, 4) is 5.75 Å². The molecular weight excluding hydrogens is 242 g/mol. The van der Waals surface area contributed by atoms with Crippen LogP contribution in [0.4, 0.5) is 0 Å². The van der Waals surface area contributed by atoms with E-state index in [1.165, 1.54) is 7.11 Å². The molecule has 2 atom stereocenters. The van der Waals surface area contributed by atoms with Crippen LogP contribution < -0.4 is 10.1 Å². The van der Waals surface area contributed by atoms with Crippen LogP contribution in [0.2, 0.25) is 0 Å². The highest BCUT2D eigenvalue weighted by Gasteiger charge is 2.25. The van der Waals surface area contributed by atoms with E-state index < -0.39 is 0 Å². The van der Waals surface area contributed by atoms with Gasteiger partial charge >= 0.3 is 5.97 Å². The summed E-state index contributed by atoms with van der Waals surface area (Å²) in [5.74, 6) is 0.733. The molecule has 0 radical (unpaired) electrons. The zero-order chi connectivity index (χ0) is 14.4. The summed E-state index contributed by atoms with van der Waals surface area (Å²) < 4.78 is 10.2. The molecule has 0 aliphatic rings. The lowest BCUT2D eigenvalue weighted by Crippen LogP contribution is -2.43. The Morgan fingerprint density at radius 2 is 1.79 bits per heavy atom. The highest BCUT2D eigenvalue weighted by molar-refractivity contribution is 5.76. The maximum Gasteiger partial charge on any atom is 0.323 e. The summed E-state index contributed by atoms with van der Waals surface area (Å²) in [5.41, 5.74) is 1.03. The summed E-state index contributed by atoms with van der Waals surface area (Å²) in [6.07, 6.45) is 0. The predicted molar refractivity (Wildman–Crippen MR) is 75.2 cm³/mol. The first-order chi connectivity index (χ1) is 9.01. The van der Waals surface area contributed by atoms with Crippen LogP contribution in [0.3, 0.4) is 0 Å². The minimum Gasteiger partial charge on any atom is -0.496 e. The molecule has 1 aromatic rings. The molecule has 0 amide bonds. The molecule has 0 saturated heterocycles. The van der Waals surface area contributed by atoms with Crippen LogP contribution in [0.25, 0.3) is 0 Å². The summed E-state index contributed by atoms with van der Waals surface area (Å²) in [7, 11) is 3.05. The van der Waals surface area contributed by atoms with Crippen molar-refractivity contribution in [2.45, 2.75) is 32.9 Å². The van der Waals surface area contributed by atoms with Gasteiger partial charge in [-0.1, -0.05) is 32.0 Å². The molecule has 0 spiro atoms. The van der Waals surface area contributed by atoms with E-state index in [1.54, 1.807) is 7.11 Å². The Kier molecular flexibility index (Phi) is 5.83. The second kappa shape index (κ2) is 7.14. The first-order valence-corrected chi connectivity index (χ1v) is 6.48. The van der Waals surface area contributed by atoms with Gasteiger partial charge in [0.05, 0.1) is 14.2 Å². The fourth-order valence-corrected chi connectivity index (χ4v) is 2.04. The van der Waals surface area contributed by atoms with Crippen LogP contribution in [0, 0.1) is 5.92 Å². The summed E-state index contributed by atoms with van der Waals surface area (Å²) >= 11 is 0. The summed E-state index contributed by atoms with van der Waals surface area (Å²) in [6.45, 7) is 5.99. The highest BCUT2D eigenvalue weighted by Crippen LogP contribution is 2.25. The van der Waals surface area contributed by atoms with E-state index in [2.05, 4.69) is 5.32 Å². The third kappa shape index (κ3) is 3.96. The Morgan fingerprint density at radius 1 is 1.16 bits per heavy atom. The van der Waals surface area contributed by atoms with Crippen LogP contribution in [0.1, 0.15) is 32.4 Å². The fourth-order valence-electron chi connectivity index (χ4n) is 2.04. The van der Waals surface area contributed by atoms with Crippen LogP contribution >= 0.6 is 0 Å². The maximum atomic E-state index is 11.8. The van der Waals surface area contributed by atoms with Crippen molar-refractivity contribution in [2.24, 2.45) is 5.92 Å². The molecule has 1 aromatic carbocycles. The van der Waals surface area contributed by atoms with Gasteiger partial charge in [-0.2, -0.15) is 0 Å². The van der Waals surface area contributed by atoms with Crippen molar-refractivity contribution < 1.29 is 14.3 Å². The summed E-state index contributed by atoms with van der Waals surface area (Å²) in [6, 6.07) is 7.46. The third-order valence-electron chi connectivity index (χ3n) is 3.16. The Bertz CT molecular complexity index is 418. The van der Waals surface area contributed by atoms with Crippen molar-refractivity contribution in [1.82, 2.24) is 5.32 Å². The zero-order valence-electron chi connectivity index (χ0n) is 12.3. The van der Waals surface area contributed by atoms with E-state index in [-0.39, 0.29) is 24.0 Å². The lowest BCUT2D eigenvalue weighted by Gasteiger charge is -2.25. The molecule has 19 heavy (non-hydrogen) atoms. The lowest BCUT2D eigenvalue weighted by molar-refractivity contribution is -0.144. The van der Waals surface area contributed by atoms with Crippen molar-refractivity contribution in [1.29, 1.82) is 0 Å². The van der Waals surface area contributed by atoms with Crippen LogP contribution in [0.15, 0.2) is 24.3 Å². The van der Waals surface area contributed by atoms with E-state index >= 15 is 0 Å². The van der Waals surface area contributed by atoms with Gasteiger partial charge < -0.3 is 9.47 Å². The van der Waals surface area contributed by atoms with Gasteiger partial charge in [-0.25, -0.2) is 0 Å². The Morgan fingerprint density at radius 3 is 2.32 bits per heavy atom. The molecule has 4 heteroatoms. The predicted octanol–water partition coefficient (Wildman–Crippen LogP) is 2.54. The molecular formula is C15H23NO3. The summed E-state index contributed by atoms with van der Waals surface area (Å²) in [4.78, 5) is 11.8. The number of nitrogens with one attached hydrogen (secondary N) is 1. The van der Waals surface area contributed by atoms with E-state index in [0.29, 0.717) is 0 Å². The second-order valence-corrected chi connectivity index (χ2v) is 4.88. The number of carbonyl (C=O) groups excluding carboxylic acids is 1. The molecule has 0 fully saturated rings. The molecule has 0 saturated carbocycles. The van der Waals surface area contributed by atoms with Gasteiger partial charge in [0, 0.05) is 11.6 Å². The monoisotopic (exact) mass is 265 g/mol. The molecule has 1 rings (SSSR count). The number of para-hydroxylation sites is 1. The van der Waals surface area contributed by atoms with Crippen molar-refractivity contribution >= 4 is 5.97 Å². The van der Waals surface area contributed by atoms with E-state index in [0.717, 1.165) is 11.3 Å². The molecule has 4 nitrogen and oxygen atoms in total. The van der Waals surface area contributed by atoms with E-state index in [9.17, 15) is 4.79 Å². The minimum atomic E-state index is -0.329. The van der Waals surface area contributed by atoms with Gasteiger partial charge in [-0.05, 0) is 18.9 Å². The molecule has 0 aromatic heterocycles. The van der Waals surface area contributed by atoms with Gasteiger partial charge in [0.15, 0.2) is 0 Å². The standard InChI is InChI=1S/C15H23NO3/c1-10(2)14(15(17)19-5)16-11(3)12-8-6-7-9-13(12)18-4/h6-11,14,16H,1-5H3/t11-,14+/m0/s1. The molecule has 106 valence electrons. The van der Waals surface area contributed by atoms with Crippen molar-refractivity contribution in [2.75, 3.05) is 14.2 Å². The minimum absolute atomic E-state index is 0.00245. The Hall–Kier alpha value is -1.55. The molecule has 0 unspecified atom stereocenters. The highest BCUT2D eigenvalue weighted by atomic mass is 16.5. The molecule has 0 aliphatic heterocycles. The van der Waals surface area contributed by atoms with Crippen molar-refractivity contribution in [3.63, 3.8) is 0 Å². The Balaban J connectivity index is 2.87. The zero-order valence-corrected chi connectivity index (χ0v) is 12.3. The van der Waals surface area contributed by atoms with Crippen LogP contribution in [-0.4, -0.2) is 26.2 Å². The number of hydrogen-bond donors (Lipinski definition) is 1. The quantitative estimate of drug-likeness (QED) is 0.803. The normalized spacial score (nSPS) is 14.0. The SMILES string of the molecule is COC(=O)[C@H](N[C@@H](C)c1ccccc1OC)C(C)C. The van der Waals surface area contributed by atoms with Crippen molar-refractivity contribution in [3.05, 3.63) is 29.8 Å². The van der Waals surface area contributed by atoms with Crippen LogP contribution in [0.5, 0.6) is 5.75 Å². The average Bonchev–Trinajstić information content (AvgIpc) is 2.43. The number of hydrogen-bond acceptors (Lipinski definition) is 4. The first-order valence-electron chi connectivity index (χ1n) is 6.48. The lowest BCUT2D eigenvalue weighted by atomic mass is 10.0. The van der Waals surface area contributed by atoms with Gasteiger partial charge in [0.2, 0.25) is 0 Å². The number of benzene rings is 1. The Labute approximate surface area is 115 Å². The second-order valence-electron chi connectivity index (χ2n) is 4.88. The largest absolute Gasteiger partial charge is 0.496 e. The third-order valence-corrected chi connectivity index (χ3v) is 3.16. The smallest absolute Gasteiger partial charge is 0.323 e. The number of ether oxygens (including phenoxy) is 2.